The van der Waals surface area contributed by atoms with E-state index in [0.29, 0.717) is 23.3 Å². The minimum absolute atomic E-state index is 0.0653. The van der Waals surface area contributed by atoms with Crippen molar-refractivity contribution >= 4 is 28.4 Å². The van der Waals surface area contributed by atoms with Gasteiger partial charge < -0.3 is 4.90 Å². The van der Waals surface area contributed by atoms with E-state index in [-0.39, 0.29) is 17.3 Å². The molecule has 3 aromatic rings. The van der Waals surface area contributed by atoms with Gasteiger partial charge in [0.1, 0.15) is 5.82 Å². The summed E-state index contributed by atoms with van der Waals surface area (Å²) in [5.41, 5.74) is 0.480. The molecule has 1 atom stereocenters. The van der Waals surface area contributed by atoms with Crippen LogP contribution in [0.1, 0.15) is 39.6 Å². The molecule has 1 unspecified atom stereocenters. The summed E-state index contributed by atoms with van der Waals surface area (Å²) in [5, 5.41) is 0.544. The molecule has 5 nitrogen and oxygen atoms in total. The van der Waals surface area contributed by atoms with Crippen LogP contribution in [0.3, 0.4) is 0 Å². The number of benzene rings is 2. The highest BCUT2D eigenvalue weighted by molar-refractivity contribution is 6.19. The van der Waals surface area contributed by atoms with E-state index in [1.54, 1.807) is 15.5 Å². The Labute approximate surface area is 175 Å². The summed E-state index contributed by atoms with van der Waals surface area (Å²) < 4.78 is 1.61. The van der Waals surface area contributed by atoms with Crippen molar-refractivity contribution in [2.24, 2.45) is 5.41 Å². The summed E-state index contributed by atoms with van der Waals surface area (Å²) in [4.78, 5) is 33.1. The lowest BCUT2D eigenvalue weighted by Gasteiger charge is -2.34. The van der Waals surface area contributed by atoms with Crippen molar-refractivity contribution in [3.63, 3.8) is 0 Å². The predicted octanol–water partition coefficient (Wildman–Crippen LogP) is 4.56. The first-order valence-corrected chi connectivity index (χ1v) is 10.3. The molecule has 0 N–H and O–H groups in total. The zero-order chi connectivity index (χ0) is 21.2. The quantitative estimate of drug-likeness (QED) is 0.558. The first-order chi connectivity index (χ1) is 13.8. The lowest BCUT2D eigenvalue weighted by atomic mass is 9.93. The van der Waals surface area contributed by atoms with Gasteiger partial charge in [0.25, 0.3) is 5.56 Å². The molecule has 0 bridgehead atoms. The SMILES string of the molecule is CCN(C(=O)C(C)(C)CCl)C(C)c1nc2ccccc2c(=O)n1-c1ccccc1. The molecule has 0 spiro atoms. The van der Waals surface area contributed by atoms with E-state index in [4.69, 9.17) is 16.6 Å². The van der Waals surface area contributed by atoms with Crippen molar-refractivity contribution < 1.29 is 4.79 Å². The second-order valence-electron chi connectivity index (χ2n) is 7.75. The molecule has 0 fully saturated rings. The van der Waals surface area contributed by atoms with E-state index in [1.807, 2.05) is 76.2 Å². The maximum atomic E-state index is 13.4. The summed E-state index contributed by atoms with van der Waals surface area (Å²) in [5.74, 6) is 0.677. The number of fused-ring (bicyclic) bond motifs is 1. The van der Waals surface area contributed by atoms with E-state index in [1.165, 1.54) is 0 Å². The van der Waals surface area contributed by atoms with Gasteiger partial charge in [-0.05, 0) is 52.0 Å². The zero-order valence-corrected chi connectivity index (χ0v) is 18.0. The Morgan fingerprint density at radius 3 is 2.38 bits per heavy atom. The van der Waals surface area contributed by atoms with Crippen LogP contribution in [0.2, 0.25) is 0 Å². The number of alkyl halides is 1. The molecule has 152 valence electrons. The van der Waals surface area contributed by atoms with Crippen LogP contribution in [0.4, 0.5) is 0 Å². The first-order valence-electron chi connectivity index (χ1n) is 9.76. The summed E-state index contributed by atoms with van der Waals surface area (Å²) in [6, 6.07) is 16.3. The van der Waals surface area contributed by atoms with Crippen LogP contribution in [0, 0.1) is 5.41 Å². The average molecular weight is 412 g/mol. The second kappa shape index (κ2) is 8.37. The van der Waals surface area contributed by atoms with Gasteiger partial charge in [-0.2, -0.15) is 0 Å². The minimum atomic E-state index is -0.708. The van der Waals surface area contributed by atoms with Gasteiger partial charge in [-0.15, -0.1) is 11.6 Å². The maximum Gasteiger partial charge on any atom is 0.266 e. The lowest BCUT2D eigenvalue weighted by Crippen LogP contribution is -2.44. The van der Waals surface area contributed by atoms with E-state index in [2.05, 4.69) is 0 Å². The van der Waals surface area contributed by atoms with Gasteiger partial charge in [0.15, 0.2) is 0 Å². The third kappa shape index (κ3) is 3.92. The molecule has 29 heavy (non-hydrogen) atoms. The number of halogens is 1. The van der Waals surface area contributed by atoms with Crippen LogP contribution in [-0.4, -0.2) is 32.8 Å². The Balaban J connectivity index is 2.24. The molecule has 2 aromatic carbocycles. The summed E-state index contributed by atoms with van der Waals surface area (Å²) in [7, 11) is 0. The highest BCUT2D eigenvalue weighted by Gasteiger charge is 2.35. The second-order valence-corrected chi connectivity index (χ2v) is 8.02. The molecule has 1 heterocycles. The van der Waals surface area contributed by atoms with Gasteiger partial charge in [-0.25, -0.2) is 4.98 Å². The number of carbonyl (C=O) groups is 1. The number of rotatable bonds is 6. The van der Waals surface area contributed by atoms with Crippen LogP contribution >= 0.6 is 11.6 Å². The number of amides is 1. The molecule has 0 aliphatic carbocycles. The van der Waals surface area contributed by atoms with Crippen LogP contribution in [0.5, 0.6) is 0 Å². The van der Waals surface area contributed by atoms with Gasteiger partial charge >= 0.3 is 0 Å². The largest absolute Gasteiger partial charge is 0.333 e. The molecule has 6 heteroatoms. The molecular formula is C23H26ClN3O2. The standard InChI is InChI=1S/C23H26ClN3O2/c1-5-26(22(29)23(3,4)15-24)16(2)20-25-19-14-10-9-13-18(19)21(28)27(20)17-11-7-6-8-12-17/h6-14,16H,5,15H2,1-4H3. The summed E-state index contributed by atoms with van der Waals surface area (Å²) in [6.07, 6.45) is 0. The number of hydrogen-bond donors (Lipinski definition) is 0. The smallest absolute Gasteiger partial charge is 0.266 e. The fourth-order valence-electron chi connectivity index (χ4n) is 3.44. The molecule has 0 aliphatic rings. The number of hydrogen-bond acceptors (Lipinski definition) is 3. The molecule has 0 saturated carbocycles. The van der Waals surface area contributed by atoms with Crippen molar-refractivity contribution in [3.8, 4) is 5.69 Å². The van der Waals surface area contributed by atoms with Gasteiger partial charge in [0.05, 0.1) is 28.0 Å². The topological polar surface area (TPSA) is 55.2 Å². The Bertz CT molecular complexity index is 1080. The molecule has 1 aromatic heterocycles. The van der Waals surface area contributed by atoms with Crippen molar-refractivity contribution in [2.45, 2.75) is 33.7 Å². The van der Waals surface area contributed by atoms with Crippen molar-refractivity contribution in [1.82, 2.24) is 14.5 Å². The van der Waals surface area contributed by atoms with E-state index in [0.717, 1.165) is 5.69 Å². The third-order valence-corrected chi connectivity index (χ3v) is 5.84. The lowest BCUT2D eigenvalue weighted by molar-refractivity contribution is -0.141. The van der Waals surface area contributed by atoms with Gasteiger partial charge in [-0.3, -0.25) is 14.2 Å². The Hall–Kier alpha value is -2.66. The van der Waals surface area contributed by atoms with Crippen molar-refractivity contribution in [3.05, 3.63) is 70.8 Å². The Morgan fingerprint density at radius 1 is 1.14 bits per heavy atom. The molecule has 0 radical (unpaired) electrons. The zero-order valence-electron chi connectivity index (χ0n) is 17.2. The van der Waals surface area contributed by atoms with Crippen LogP contribution in [0.15, 0.2) is 59.4 Å². The molecule has 1 amide bonds. The minimum Gasteiger partial charge on any atom is -0.333 e. The van der Waals surface area contributed by atoms with E-state index < -0.39 is 11.5 Å². The van der Waals surface area contributed by atoms with Crippen LogP contribution < -0.4 is 5.56 Å². The third-order valence-electron chi connectivity index (χ3n) is 5.17. The van der Waals surface area contributed by atoms with Gasteiger partial charge in [0.2, 0.25) is 5.91 Å². The number of aromatic nitrogens is 2. The number of para-hydroxylation sites is 2. The average Bonchev–Trinajstić information content (AvgIpc) is 2.74. The molecule has 0 aliphatic heterocycles. The Kier molecular flexibility index (Phi) is 6.08. The van der Waals surface area contributed by atoms with E-state index in [9.17, 15) is 9.59 Å². The van der Waals surface area contributed by atoms with Gasteiger partial charge in [0, 0.05) is 12.4 Å². The predicted molar refractivity (Wildman–Crippen MR) is 118 cm³/mol. The van der Waals surface area contributed by atoms with Crippen LogP contribution in [0.25, 0.3) is 16.6 Å². The first kappa shape index (κ1) is 21.1. The fourth-order valence-corrected chi connectivity index (χ4v) is 3.55. The Morgan fingerprint density at radius 2 is 1.76 bits per heavy atom. The molecule has 3 rings (SSSR count). The van der Waals surface area contributed by atoms with Crippen molar-refractivity contribution in [2.75, 3.05) is 12.4 Å². The van der Waals surface area contributed by atoms with E-state index >= 15 is 0 Å². The number of nitrogens with zero attached hydrogens (tertiary/aromatic N) is 3. The molecular weight excluding hydrogens is 386 g/mol. The maximum absolute atomic E-state index is 13.4. The highest BCUT2D eigenvalue weighted by Crippen LogP contribution is 2.28. The fraction of sp³-hybridized carbons (Fsp3) is 0.348. The van der Waals surface area contributed by atoms with Crippen LogP contribution in [-0.2, 0) is 4.79 Å². The van der Waals surface area contributed by atoms with Crippen molar-refractivity contribution in [1.29, 1.82) is 0 Å². The van der Waals surface area contributed by atoms with Gasteiger partial charge in [-0.1, -0.05) is 30.3 Å². The normalized spacial score (nSPS) is 12.7. The number of carbonyl (C=O) groups excluding carboxylic acids is 1. The summed E-state index contributed by atoms with van der Waals surface area (Å²) in [6.45, 7) is 7.97. The highest BCUT2D eigenvalue weighted by atomic mass is 35.5. The monoisotopic (exact) mass is 411 g/mol. The summed E-state index contributed by atoms with van der Waals surface area (Å²) >= 11 is 6.05. The molecule has 0 saturated heterocycles.